The lowest BCUT2D eigenvalue weighted by atomic mass is 10.1. The summed E-state index contributed by atoms with van der Waals surface area (Å²) in [4.78, 5) is 14.9. The summed E-state index contributed by atoms with van der Waals surface area (Å²) >= 11 is 1.34. The molecule has 0 N–H and O–H groups in total. The van der Waals surface area contributed by atoms with Gasteiger partial charge in [-0.05, 0) is 43.2 Å². The van der Waals surface area contributed by atoms with E-state index in [2.05, 4.69) is 0 Å². The molecule has 2 rings (SSSR count). The van der Waals surface area contributed by atoms with E-state index < -0.39 is 0 Å². The molecule has 0 aliphatic carbocycles. The van der Waals surface area contributed by atoms with Gasteiger partial charge in [-0.25, -0.2) is 0 Å². The van der Waals surface area contributed by atoms with Gasteiger partial charge < -0.3 is 4.90 Å². The van der Waals surface area contributed by atoms with E-state index in [1.807, 2.05) is 35.2 Å². The first kappa shape index (κ1) is 10.6. The average molecular weight is 221 g/mol. The fourth-order valence-electron chi connectivity index (χ4n) is 1.73. The van der Waals surface area contributed by atoms with Crippen molar-refractivity contribution in [2.24, 2.45) is 0 Å². The number of hydrogen-bond acceptors (Lipinski definition) is 2. The lowest BCUT2D eigenvalue weighted by Crippen LogP contribution is -2.32. The topological polar surface area (TPSA) is 20.3 Å². The zero-order valence-corrected chi connectivity index (χ0v) is 9.50. The highest BCUT2D eigenvalue weighted by Gasteiger charge is 2.16. The molecule has 0 saturated carbocycles. The summed E-state index contributed by atoms with van der Waals surface area (Å²) in [6.07, 6.45) is 3.57. The van der Waals surface area contributed by atoms with Crippen LogP contribution in [0.5, 0.6) is 0 Å². The van der Waals surface area contributed by atoms with Crippen molar-refractivity contribution < 1.29 is 4.79 Å². The van der Waals surface area contributed by atoms with E-state index in [1.165, 1.54) is 18.2 Å². The third kappa shape index (κ3) is 2.99. The van der Waals surface area contributed by atoms with Crippen LogP contribution in [0.25, 0.3) is 0 Å². The van der Waals surface area contributed by atoms with Crippen LogP contribution in [0, 0.1) is 0 Å². The van der Waals surface area contributed by atoms with Gasteiger partial charge in [0.1, 0.15) is 0 Å². The van der Waals surface area contributed by atoms with Gasteiger partial charge in [0.25, 0.3) is 5.24 Å². The first-order chi connectivity index (χ1) is 7.36. The maximum atomic E-state index is 11.9. The number of piperidine rings is 1. The van der Waals surface area contributed by atoms with Gasteiger partial charge in [-0.15, -0.1) is 0 Å². The summed E-state index contributed by atoms with van der Waals surface area (Å²) in [5, 5.41) is 0.195. The number of benzene rings is 1. The van der Waals surface area contributed by atoms with Gasteiger partial charge in [0.2, 0.25) is 0 Å². The van der Waals surface area contributed by atoms with Crippen LogP contribution < -0.4 is 0 Å². The van der Waals surface area contributed by atoms with Crippen LogP contribution in [0.15, 0.2) is 35.2 Å². The fourth-order valence-corrected chi connectivity index (χ4v) is 2.54. The van der Waals surface area contributed by atoms with Crippen molar-refractivity contribution in [1.82, 2.24) is 4.90 Å². The van der Waals surface area contributed by atoms with Crippen molar-refractivity contribution in [2.45, 2.75) is 24.2 Å². The van der Waals surface area contributed by atoms with E-state index in [0.717, 1.165) is 30.8 Å². The highest BCUT2D eigenvalue weighted by Crippen LogP contribution is 2.22. The van der Waals surface area contributed by atoms with Gasteiger partial charge in [-0.3, -0.25) is 4.79 Å². The summed E-state index contributed by atoms with van der Waals surface area (Å²) in [5.74, 6) is 0. The molecular formula is C12H15NOS. The van der Waals surface area contributed by atoms with Crippen LogP contribution >= 0.6 is 11.8 Å². The Bertz CT molecular complexity index is 320. The van der Waals surface area contributed by atoms with Gasteiger partial charge in [-0.1, -0.05) is 18.2 Å². The molecule has 80 valence electrons. The molecule has 1 aromatic carbocycles. The average Bonchev–Trinajstić information content (AvgIpc) is 2.31. The maximum Gasteiger partial charge on any atom is 0.286 e. The molecule has 3 heteroatoms. The molecule has 0 spiro atoms. The molecule has 1 fully saturated rings. The molecule has 2 nitrogen and oxygen atoms in total. The molecule has 1 heterocycles. The molecule has 1 aliphatic heterocycles. The van der Waals surface area contributed by atoms with Crippen LogP contribution in [0.2, 0.25) is 0 Å². The predicted molar refractivity (Wildman–Crippen MR) is 63.1 cm³/mol. The first-order valence-electron chi connectivity index (χ1n) is 5.38. The minimum Gasteiger partial charge on any atom is -0.333 e. The standard InChI is InChI=1S/C12H15NOS/c14-12(13-9-5-2-6-10-13)15-11-7-3-1-4-8-11/h1,3-4,7-8H,2,5-6,9-10H2. The van der Waals surface area contributed by atoms with Crippen LogP contribution in [0.4, 0.5) is 4.79 Å². The van der Waals surface area contributed by atoms with E-state index in [1.54, 1.807) is 0 Å². The molecule has 15 heavy (non-hydrogen) atoms. The van der Waals surface area contributed by atoms with Crippen LogP contribution in [0.1, 0.15) is 19.3 Å². The molecular weight excluding hydrogens is 206 g/mol. The SMILES string of the molecule is O=C(Sc1ccccc1)N1CCCCC1. The molecule has 0 radical (unpaired) electrons. The summed E-state index contributed by atoms with van der Waals surface area (Å²) in [7, 11) is 0. The number of carbonyl (C=O) groups excluding carboxylic acids is 1. The zero-order valence-electron chi connectivity index (χ0n) is 8.69. The molecule has 0 atom stereocenters. The highest BCUT2D eigenvalue weighted by molar-refractivity contribution is 8.13. The number of amides is 1. The number of likely N-dealkylation sites (tertiary alicyclic amines) is 1. The van der Waals surface area contributed by atoms with Gasteiger partial charge in [0.05, 0.1) is 0 Å². The lowest BCUT2D eigenvalue weighted by Gasteiger charge is -2.25. The Morgan fingerprint density at radius 2 is 1.73 bits per heavy atom. The van der Waals surface area contributed by atoms with E-state index in [9.17, 15) is 4.79 Å². The van der Waals surface area contributed by atoms with Gasteiger partial charge in [-0.2, -0.15) is 0 Å². The van der Waals surface area contributed by atoms with E-state index in [-0.39, 0.29) is 5.24 Å². The summed E-state index contributed by atoms with van der Waals surface area (Å²) < 4.78 is 0. The van der Waals surface area contributed by atoms with E-state index in [4.69, 9.17) is 0 Å². The Hall–Kier alpha value is -0.960. The number of thioether (sulfide) groups is 1. The number of carbonyl (C=O) groups is 1. The number of hydrogen-bond donors (Lipinski definition) is 0. The Morgan fingerprint density at radius 1 is 1.07 bits per heavy atom. The highest BCUT2D eigenvalue weighted by atomic mass is 32.2. The predicted octanol–water partition coefficient (Wildman–Crippen LogP) is 3.38. The van der Waals surface area contributed by atoms with Crippen molar-refractivity contribution in [2.75, 3.05) is 13.1 Å². The second kappa shape index (κ2) is 5.21. The Balaban J connectivity index is 1.91. The van der Waals surface area contributed by atoms with Crippen molar-refractivity contribution in [3.63, 3.8) is 0 Å². The maximum absolute atomic E-state index is 11.9. The Kier molecular flexibility index (Phi) is 3.67. The van der Waals surface area contributed by atoms with Crippen molar-refractivity contribution in [1.29, 1.82) is 0 Å². The van der Waals surface area contributed by atoms with Gasteiger partial charge in [0, 0.05) is 18.0 Å². The summed E-state index contributed by atoms with van der Waals surface area (Å²) in [6.45, 7) is 1.86. The molecule has 1 amide bonds. The third-order valence-corrected chi connectivity index (χ3v) is 3.50. The van der Waals surface area contributed by atoms with Crippen molar-refractivity contribution in [3.05, 3.63) is 30.3 Å². The fraction of sp³-hybridized carbons (Fsp3) is 0.417. The number of rotatable bonds is 1. The lowest BCUT2D eigenvalue weighted by molar-refractivity contribution is 0.211. The zero-order chi connectivity index (χ0) is 10.5. The molecule has 1 saturated heterocycles. The molecule has 0 bridgehead atoms. The van der Waals surface area contributed by atoms with Crippen molar-refractivity contribution in [3.8, 4) is 0 Å². The third-order valence-electron chi connectivity index (χ3n) is 2.56. The minimum atomic E-state index is 0.195. The van der Waals surface area contributed by atoms with Gasteiger partial charge in [0.15, 0.2) is 0 Å². The monoisotopic (exact) mass is 221 g/mol. The van der Waals surface area contributed by atoms with Crippen LogP contribution in [-0.2, 0) is 0 Å². The quantitative estimate of drug-likeness (QED) is 0.677. The molecule has 0 unspecified atom stereocenters. The normalized spacial score (nSPS) is 16.4. The molecule has 0 aromatic heterocycles. The molecule has 1 aromatic rings. The minimum absolute atomic E-state index is 0.195. The summed E-state index contributed by atoms with van der Waals surface area (Å²) in [6, 6.07) is 9.85. The van der Waals surface area contributed by atoms with Crippen molar-refractivity contribution >= 4 is 17.0 Å². The largest absolute Gasteiger partial charge is 0.333 e. The molecule has 1 aliphatic rings. The number of nitrogens with zero attached hydrogens (tertiary/aromatic N) is 1. The van der Waals surface area contributed by atoms with E-state index in [0.29, 0.717) is 0 Å². The van der Waals surface area contributed by atoms with Gasteiger partial charge >= 0.3 is 0 Å². The van der Waals surface area contributed by atoms with Crippen LogP contribution in [0.3, 0.4) is 0 Å². The smallest absolute Gasteiger partial charge is 0.286 e. The van der Waals surface area contributed by atoms with Crippen LogP contribution in [-0.4, -0.2) is 23.2 Å². The second-order valence-electron chi connectivity index (χ2n) is 3.73. The summed E-state index contributed by atoms with van der Waals surface area (Å²) in [5.41, 5.74) is 0. The second-order valence-corrected chi connectivity index (χ2v) is 4.75. The Morgan fingerprint density at radius 3 is 2.40 bits per heavy atom. The first-order valence-corrected chi connectivity index (χ1v) is 6.20. The Labute approximate surface area is 94.7 Å². The van der Waals surface area contributed by atoms with E-state index >= 15 is 0 Å².